The highest BCUT2D eigenvalue weighted by Crippen LogP contribution is 2.38. The van der Waals surface area contributed by atoms with Crippen LogP contribution in [0.4, 0.5) is 5.95 Å². The smallest absolute Gasteiger partial charge is 0.201 e. The van der Waals surface area contributed by atoms with Gasteiger partial charge in [0.25, 0.3) is 0 Å². The molecule has 2 aromatic rings. The third-order valence-corrected chi connectivity index (χ3v) is 3.83. The standard InChI is InChI=1S/C14H19N3/c1-9-3-6-12-13(7-9)17(14(15)16-12)8-10(2)11-4-5-11/h3,6-7,10-11H,4-5,8H2,1-2H3,(H2,15,16). The Bertz CT molecular complexity index is 552. The highest BCUT2D eigenvalue weighted by Gasteiger charge is 2.28. The molecule has 0 spiro atoms. The quantitative estimate of drug-likeness (QED) is 0.879. The molecule has 0 amide bonds. The first-order chi connectivity index (χ1) is 8.15. The summed E-state index contributed by atoms with van der Waals surface area (Å²) in [6, 6.07) is 6.32. The van der Waals surface area contributed by atoms with E-state index in [1.165, 1.54) is 23.9 Å². The molecule has 0 bridgehead atoms. The van der Waals surface area contributed by atoms with Crippen molar-refractivity contribution in [3.05, 3.63) is 23.8 Å². The number of aromatic nitrogens is 2. The van der Waals surface area contributed by atoms with Gasteiger partial charge < -0.3 is 10.3 Å². The van der Waals surface area contributed by atoms with Gasteiger partial charge in [0, 0.05) is 6.54 Å². The SMILES string of the molecule is Cc1ccc2nc(N)n(CC(C)C3CC3)c2c1. The van der Waals surface area contributed by atoms with Crippen LogP contribution >= 0.6 is 0 Å². The molecule has 3 nitrogen and oxygen atoms in total. The van der Waals surface area contributed by atoms with Crippen LogP contribution in [0.25, 0.3) is 11.0 Å². The lowest BCUT2D eigenvalue weighted by Gasteiger charge is -2.13. The van der Waals surface area contributed by atoms with Gasteiger partial charge in [0.15, 0.2) is 0 Å². The van der Waals surface area contributed by atoms with Crippen molar-refractivity contribution in [1.29, 1.82) is 0 Å². The van der Waals surface area contributed by atoms with Gasteiger partial charge in [-0.3, -0.25) is 0 Å². The van der Waals surface area contributed by atoms with Crippen LogP contribution < -0.4 is 5.73 Å². The Morgan fingerprint density at radius 1 is 1.47 bits per heavy atom. The molecule has 1 saturated carbocycles. The van der Waals surface area contributed by atoms with Crippen LogP contribution in [0.15, 0.2) is 18.2 Å². The molecule has 90 valence electrons. The second kappa shape index (κ2) is 3.76. The van der Waals surface area contributed by atoms with E-state index in [4.69, 9.17) is 5.73 Å². The molecule has 0 radical (unpaired) electrons. The molecule has 0 saturated heterocycles. The number of hydrogen-bond acceptors (Lipinski definition) is 2. The maximum absolute atomic E-state index is 6.02. The monoisotopic (exact) mass is 229 g/mol. The van der Waals surface area contributed by atoms with Crippen LogP contribution in [0.2, 0.25) is 0 Å². The molecule has 1 heterocycles. The summed E-state index contributed by atoms with van der Waals surface area (Å²) in [4.78, 5) is 4.43. The second-order valence-electron chi connectivity index (χ2n) is 5.39. The molecular formula is C14H19N3. The average molecular weight is 229 g/mol. The van der Waals surface area contributed by atoms with Gasteiger partial charge in [-0.15, -0.1) is 0 Å². The minimum atomic E-state index is 0.651. The van der Waals surface area contributed by atoms with E-state index in [0.717, 1.165) is 18.0 Å². The van der Waals surface area contributed by atoms with Crippen molar-refractivity contribution < 1.29 is 0 Å². The molecule has 3 heteroatoms. The summed E-state index contributed by atoms with van der Waals surface area (Å²) in [7, 11) is 0. The highest BCUT2D eigenvalue weighted by atomic mass is 15.2. The topological polar surface area (TPSA) is 43.8 Å². The Morgan fingerprint density at radius 2 is 2.24 bits per heavy atom. The van der Waals surface area contributed by atoms with Crippen LogP contribution in [0.3, 0.4) is 0 Å². The third-order valence-electron chi connectivity index (χ3n) is 3.83. The van der Waals surface area contributed by atoms with Crippen LogP contribution in [0.5, 0.6) is 0 Å². The number of nitrogen functional groups attached to an aromatic ring is 1. The van der Waals surface area contributed by atoms with Gasteiger partial charge in [0.05, 0.1) is 11.0 Å². The van der Waals surface area contributed by atoms with E-state index < -0.39 is 0 Å². The predicted octanol–water partition coefficient (Wildman–Crippen LogP) is 2.97. The summed E-state index contributed by atoms with van der Waals surface area (Å²) in [5.74, 6) is 2.25. The van der Waals surface area contributed by atoms with Crippen LogP contribution in [0.1, 0.15) is 25.3 Å². The summed E-state index contributed by atoms with van der Waals surface area (Å²) in [5, 5.41) is 0. The molecule has 1 atom stereocenters. The van der Waals surface area contributed by atoms with Crippen molar-refractivity contribution >= 4 is 17.0 Å². The van der Waals surface area contributed by atoms with E-state index >= 15 is 0 Å². The lowest BCUT2D eigenvalue weighted by atomic mass is 10.1. The Hall–Kier alpha value is -1.51. The predicted molar refractivity (Wildman–Crippen MR) is 70.8 cm³/mol. The van der Waals surface area contributed by atoms with Crippen LogP contribution in [-0.2, 0) is 6.54 Å². The van der Waals surface area contributed by atoms with Gasteiger partial charge in [-0.2, -0.15) is 0 Å². The van der Waals surface area contributed by atoms with E-state index in [9.17, 15) is 0 Å². The lowest BCUT2D eigenvalue weighted by Crippen LogP contribution is -2.11. The van der Waals surface area contributed by atoms with Crippen molar-refractivity contribution in [3.63, 3.8) is 0 Å². The lowest BCUT2D eigenvalue weighted by molar-refractivity contribution is 0.439. The Balaban J connectivity index is 2.01. The number of aryl methyl sites for hydroxylation is 1. The Kier molecular flexibility index (Phi) is 2.35. The zero-order valence-corrected chi connectivity index (χ0v) is 10.5. The number of benzene rings is 1. The Labute approximate surface area is 102 Å². The van der Waals surface area contributed by atoms with Gasteiger partial charge in [0.1, 0.15) is 0 Å². The zero-order valence-electron chi connectivity index (χ0n) is 10.5. The van der Waals surface area contributed by atoms with E-state index in [2.05, 4.69) is 41.6 Å². The Morgan fingerprint density at radius 3 is 2.94 bits per heavy atom. The molecule has 1 unspecified atom stereocenters. The van der Waals surface area contributed by atoms with Gasteiger partial charge in [-0.1, -0.05) is 13.0 Å². The van der Waals surface area contributed by atoms with Crippen molar-refractivity contribution in [2.45, 2.75) is 33.2 Å². The molecule has 1 aliphatic rings. The fourth-order valence-electron chi connectivity index (χ4n) is 2.55. The van der Waals surface area contributed by atoms with Crippen molar-refractivity contribution in [3.8, 4) is 0 Å². The first-order valence-electron chi connectivity index (χ1n) is 6.37. The van der Waals surface area contributed by atoms with Gasteiger partial charge >= 0.3 is 0 Å². The van der Waals surface area contributed by atoms with Crippen LogP contribution in [-0.4, -0.2) is 9.55 Å². The average Bonchev–Trinajstić information content (AvgIpc) is 3.08. The molecular weight excluding hydrogens is 210 g/mol. The minimum Gasteiger partial charge on any atom is -0.369 e. The summed E-state index contributed by atoms with van der Waals surface area (Å²) in [5.41, 5.74) is 9.47. The number of fused-ring (bicyclic) bond motifs is 1. The molecule has 0 aliphatic heterocycles. The number of nitrogens with two attached hydrogens (primary N) is 1. The first-order valence-corrected chi connectivity index (χ1v) is 6.37. The fourth-order valence-corrected chi connectivity index (χ4v) is 2.55. The normalized spacial score (nSPS) is 17.5. The molecule has 1 aromatic carbocycles. The molecule has 2 N–H and O–H groups in total. The summed E-state index contributed by atoms with van der Waals surface area (Å²) >= 11 is 0. The number of hydrogen-bond donors (Lipinski definition) is 1. The van der Waals surface area contributed by atoms with Crippen molar-refractivity contribution in [2.24, 2.45) is 11.8 Å². The van der Waals surface area contributed by atoms with Gasteiger partial charge in [-0.05, 0) is 49.3 Å². The van der Waals surface area contributed by atoms with E-state index in [-0.39, 0.29) is 0 Å². The number of imidazole rings is 1. The van der Waals surface area contributed by atoms with E-state index in [1.807, 2.05) is 0 Å². The zero-order chi connectivity index (χ0) is 12.0. The maximum Gasteiger partial charge on any atom is 0.201 e. The summed E-state index contributed by atoms with van der Waals surface area (Å²) in [6.45, 7) is 5.42. The molecule has 1 aliphatic carbocycles. The van der Waals surface area contributed by atoms with Crippen molar-refractivity contribution in [2.75, 3.05) is 5.73 Å². The molecule has 17 heavy (non-hydrogen) atoms. The third kappa shape index (κ3) is 1.90. The van der Waals surface area contributed by atoms with E-state index in [1.54, 1.807) is 0 Å². The molecule has 1 aromatic heterocycles. The number of anilines is 1. The number of nitrogens with zero attached hydrogens (tertiary/aromatic N) is 2. The first kappa shape index (κ1) is 10.6. The summed E-state index contributed by atoms with van der Waals surface area (Å²) < 4.78 is 2.17. The van der Waals surface area contributed by atoms with Gasteiger partial charge in [0.2, 0.25) is 5.95 Å². The number of rotatable bonds is 3. The van der Waals surface area contributed by atoms with E-state index in [0.29, 0.717) is 11.9 Å². The second-order valence-corrected chi connectivity index (χ2v) is 5.39. The van der Waals surface area contributed by atoms with Crippen LogP contribution in [0, 0.1) is 18.8 Å². The molecule has 3 rings (SSSR count). The largest absolute Gasteiger partial charge is 0.369 e. The highest BCUT2D eigenvalue weighted by molar-refractivity contribution is 5.79. The van der Waals surface area contributed by atoms with Gasteiger partial charge in [-0.25, -0.2) is 4.98 Å². The molecule has 1 fully saturated rings. The van der Waals surface area contributed by atoms with Crippen molar-refractivity contribution in [1.82, 2.24) is 9.55 Å². The minimum absolute atomic E-state index is 0.651. The maximum atomic E-state index is 6.02. The fraction of sp³-hybridized carbons (Fsp3) is 0.500. The summed E-state index contributed by atoms with van der Waals surface area (Å²) in [6.07, 6.45) is 2.76.